The third kappa shape index (κ3) is 8.15. The first kappa shape index (κ1) is 12.8. The largest absolute Gasteiger partial charge is 0.356 e. The highest BCUT2D eigenvalue weighted by Crippen LogP contribution is 2.33. The minimum atomic E-state index is -3.91. The Labute approximate surface area is 77.5 Å². The molecule has 0 aliphatic heterocycles. The summed E-state index contributed by atoms with van der Waals surface area (Å²) in [6, 6.07) is 0. The Bertz CT molecular complexity index is 193. The molecule has 13 heavy (non-hydrogen) atoms. The Balaban J connectivity index is 3.68. The average Bonchev–Trinajstić information content (AvgIpc) is 2.03. The van der Waals surface area contributed by atoms with Gasteiger partial charge in [-0.1, -0.05) is 12.2 Å². The fourth-order valence-electron chi connectivity index (χ4n) is 0.708. The molecule has 0 unspecified atom stereocenters. The van der Waals surface area contributed by atoms with E-state index in [-0.39, 0.29) is 12.5 Å². The van der Waals surface area contributed by atoms with Crippen LogP contribution in [0.5, 0.6) is 0 Å². The zero-order valence-electron chi connectivity index (χ0n) is 7.71. The molecule has 0 aliphatic rings. The van der Waals surface area contributed by atoms with E-state index in [2.05, 4.69) is 0 Å². The predicted octanol–water partition coefficient (Wildman–Crippen LogP) is 0.729. The van der Waals surface area contributed by atoms with Crippen LogP contribution in [0.4, 0.5) is 0 Å². The van der Waals surface area contributed by atoms with Crippen molar-refractivity contribution in [3.8, 4) is 0 Å². The molecule has 0 fully saturated rings. The predicted molar refractivity (Wildman–Crippen MR) is 48.5 cm³/mol. The molecule has 78 valence electrons. The van der Waals surface area contributed by atoms with E-state index in [1.54, 1.807) is 6.08 Å². The lowest BCUT2D eigenvalue weighted by Gasteiger charge is -2.09. The van der Waals surface area contributed by atoms with Crippen molar-refractivity contribution in [2.24, 2.45) is 0 Å². The second-order valence-electron chi connectivity index (χ2n) is 2.46. The zero-order valence-corrected chi connectivity index (χ0v) is 8.61. The summed E-state index contributed by atoms with van der Waals surface area (Å²) in [4.78, 5) is 17.0. The van der Waals surface area contributed by atoms with E-state index < -0.39 is 7.60 Å². The topological polar surface area (TPSA) is 76.0 Å². The molecule has 0 saturated heterocycles. The van der Waals surface area contributed by atoms with Gasteiger partial charge in [0.2, 0.25) is 0 Å². The van der Waals surface area contributed by atoms with Crippen LogP contribution in [0.1, 0.15) is 6.42 Å². The smallest absolute Gasteiger partial charge is 0.329 e. The van der Waals surface area contributed by atoms with Crippen LogP contribution >= 0.6 is 7.60 Å². The summed E-state index contributed by atoms with van der Waals surface area (Å²) in [6.45, 7) is 0. The van der Waals surface area contributed by atoms with E-state index in [4.69, 9.17) is 19.3 Å². The van der Waals surface area contributed by atoms with Gasteiger partial charge < -0.3 is 19.3 Å². The Morgan fingerprint density at radius 1 is 1.31 bits per heavy atom. The van der Waals surface area contributed by atoms with Gasteiger partial charge in [-0.05, 0) is 0 Å². The highest BCUT2D eigenvalue weighted by molar-refractivity contribution is 7.51. The maximum atomic E-state index is 10.4. The van der Waals surface area contributed by atoms with Crippen LogP contribution in [-0.2, 0) is 14.0 Å². The molecule has 6 heteroatoms. The third-order valence-corrected chi connectivity index (χ3v) is 2.05. The van der Waals surface area contributed by atoms with Crippen LogP contribution in [0.25, 0.3) is 0 Å². The van der Waals surface area contributed by atoms with E-state index in [1.807, 2.05) is 0 Å². The molecule has 0 radical (unpaired) electrons. The van der Waals surface area contributed by atoms with Crippen molar-refractivity contribution in [3.05, 3.63) is 12.2 Å². The van der Waals surface area contributed by atoms with E-state index >= 15 is 0 Å². The lowest BCUT2D eigenvalue weighted by atomic mass is 10.4. The van der Waals surface area contributed by atoms with E-state index in [1.165, 1.54) is 20.3 Å². The van der Waals surface area contributed by atoms with Crippen molar-refractivity contribution in [2.75, 3.05) is 20.4 Å². The second kappa shape index (κ2) is 6.29. The van der Waals surface area contributed by atoms with Crippen molar-refractivity contribution in [3.63, 3.8) is 0 Å². The standard InChI is InChI=1S/C7H15O5P/c1-11-7(12-2)5-3-4-6-13(8,9)10/h3-4,7H,5-6H2,1-2H3,(H2,8,9,10). The number of allylic oxidation sites excluding steroid dienone is 1. The summed E-state index contributed by atoms with van der Waals surface area (Å²) < 4.78 is 20.1. The number of rotatable bonds is 6. The van der Waals surface area contributed by atoms with Crippen molar-refractivity contribution >= 4 is 7.60 Å². The van der Waals surface area contributed by atoms with Crippen molar-refractivity contribution < 1.29 is 23.8 Å². The molecule has 0 saturated carbocycles. The molecule has 5 nitrogen and oxygen atoms in total. The van der Waals surface area contributed by atoms with Gasteiger partial charge in [-0.25, -0.2) is 0 Å². The summed E-state index contributed by atoms with van der Waals surface area (Å²) in [5.74, 6) is 0. The Morgan fingerprint density at radius 3 is 2.23 bits per heavy atom. The molecule has 0 spiro atoms. The van der Waals surface area contributed by atoms with E-state index in [9.17, 15) is 4.57 Å². The summed E-state index contributed by atoms with van der Waals surface area (Å²) in [7, 11) is -0.901. The van der Waals surface area contributed by atoms with Gasteiger partial charge in [0.05, 0.1) is 6.16 Å². The quantitative estimate of drug-likeness (QED) is 0.384. The summed E-state index contributed by atoms with van der Waals surface area (Å²) in [6.07, 6.45) is 2.93. The molecule has 0 aliphatic carbocycles. The van der Waals surface area contributed by atoms with Gasteiger partial charge in [-0.3, -0.25) is 4.57 Å². The molecule has 0 bridgehead atoms. The van der Waals surface area contributed by atoms with Gasteiger partial charge in [-0.2, -0.15) is 0 Å². The van der Waals surface area contributed by atoms with E-state index in [0.29, 0.717) is 6.42 Å². The van der Waals surface area contributed by atoms with Gasteiger partial charge in [0.15, 0.2) is 6.29 Å². The molecule has 0 aromatic heterocycles. The fraction of sp³-hybridized carbons (Fsp3) is 0.714. The minimum absolute atomic E-state index is 0.243. The molecule has 0 aromatic carbocycles. The minimum Gasteiger partial charge on any atom is -0.356 e. The van der Waals surface area contributed by atoms with Crippen LogP contribution < -0.4 is 0 Å². The maximum Gasteiger partial charge on any atom is 0.329 e. The number of hydrogen-bond acceptors (Lipinski definition) is 3. The van der Waals surface area contributed by atoms with Crippen LogP contribution in [0.3, 0.4) is 0 Å². The van der Waals surface area contributed by atoms with Gasteiger partial charge in [0.25, 0.3) is 0 Å². The molecular weight excluding hydrogens is 195 g/mol. The first-order valence-corrected chi connectivity index (χ1v) is 5.54. The van der Waals surface area contributed by atoms with Crippen molar-refractivity contribution in [1.29, 1.82) is 0 Å². The second-order valence-corrected chi connectivity index (χ2v) is 4.15. The van der Waals surface area contributed by atoms with E-state index in [0.717, 1.165) is 0 Å². The lowest BCUT2D eigenvalue weighted by molar-refractivity contribution is -0.0986. The summed E-state index contributed by atoms with van der Waals surface area (Å²) in [5.41, 5.74) is 0. The van der Waals surface area contributed by atoms with Gasteiger partial charge >= 0.3 is 7.60 Å². The first-order valence-electron chi connectivity index (χ1n) is 3.74. The fourth-order valence-corrected chi connectivity index (χ4v) is 1.13. The number of hydrogen-bond donors (Lipinski definition) is 2. The number of ether oxygens (including phenoxy) is 2. The van der Waals surface area contributed by atoms with Gasteiger partial charge in [0.1, 0.15) is 0 Å². The average molecular weight is 210 g/mol. The lowest BCUT2D eigenvalue weighted by Crippen LogP contribution is -2.10. The Morgan fingerprint density at radius 2 is 1.85 bits per heavy atom. The zero-order chi connectivity index (χ0) is 10.3. The van der Waals surface area contributed by atoms with Crippen molar-refractivity contribution in [1.82, 2.24) is 0 Å². The third-order valence-electron chi connectivity index (χ3n) is 1.36. The summed E-state index contributed by atoms with van der Waals surface area (Å²) >= 11 is 0. The van der Waals surface area contributed by atoms with Gasteiger partial charge in [0, 0.05) is 20.6 Å². The summed E-state index contributed by atoms with van der Waals surface area (Å²) in [5, 5.41) is 0. The van der Waals surface area contributed by atoms with Crippen LogP contribution in [0.15, 0.2) is 12.2 Å². The first-order chi connectivity index (χ1) is 5.99. The number of methoxy groups -OCH3 is 2. The van der Waals surface area contributed by atoms with Crippen molar-refractivity contribution in [2.45, 2.75) is 12.7 Å². The molecule has 0 atom stereocenters. The van der Waals surface area contributed by atoms with Crippen LogP contribution in [0, 0.1) is 0 Å². The molecule has 0 aromatic rings. The highest BCUT2D eigenvalue weighted by Gasteiger charge is 2.08. The molecular formula is C7H15O5P. The molecule has 0 heterocycles. The van der Waals surface area contributed by atoms with Crippen LogP contribution in [0.2, 0.25) is 0 Å². The highest BCUT2D eigenvalue weighted by atomic mass is 31.2. The maximum absolute atomic E-state index is 10.4. The normalized spacial score (nSPS) is 13.0. The monoisotopic (exact) mass is 210 g/mol. The van der Waals surface area contributed by atoms with Crippen LogP contribution in [-0.4, -0.2) is 36.5 Å². The Kier molecular flexibility index (Phi) is 6.20. The molecule has 0 amide bonds. The molecule has 2 N–H and O–H groups in total. The molecule has 0 rings (SSSR count). The SMILES string of the molecule is COC(CC=CCP(=O)(O)O)OC. The Hall–Kier alpha value is -0.190. The van der Waals surface area contributed by atoms with Gasteiger partial charge in [-0.15, -0.1) is 0 Å².